The molecule has 13 heteroatoms. The maximum absolute atomic E-state index is 10.3. The van der Waals surface area contributed by atoms with Crippen LogP contribution in [0.25, 0.3) is 89.7 Å². The molecule has 0 atom stereocenters. The second-order valence-corrected chi connectivity index (χ2v) is 10.4. The van der Waals surface area contributed by atoms with E-state index in [0.29, 0.717) is 66.7 Å². The summed E-state index contributed by atoms with van der Waals surface area (Å²) in [4.78, 5) is 38.0. The molecule has 3 aromatic heterocycles. The van der Waals surface area contributed by atoms with E-state index in [1.54, 1.807) is 48.5 Å². The maximum atomic E-state index is 10.3. The van der Waals surface area contributed by atoms with Gasteiger partial charge in [-0.2, -0.15) is 0 Å². The van der Waals surface area contributed by atoms with Crippen molar-refractivity contribution in [1.29, 1.82) is 0 Å². The van der Waals surface area contributed by atoms with Gasteiger partial charge in [0.1, 0.15) is 23.0 Å². The molecule has 210 valence electrons. The molecule has 2 aliphatic heterocycles. The average Bonchev–Trinajstić information content (AvgIpc) is 3.71. The molecule has 0 saturated heterocycles. The first-order valence-electron chi connectivity index (χ1n) is 13.4. The van der Waals surface area contributed by atoms with Crippen molar-refractivity contribution in [3.05, 3.63) is 72.8 Å². The number of rotatable bonds is 0. The van der Waals surface area contributed by atoms with Crippen molar-refractivity contribution in [3.63, 3.8) is 0 Å². The second-order valence-electron chi connectivity index (χ2n) is 10.4. The van der Waals surface area contributed by atoms with E-state index in [4.69, 9.17) is 39.9 Å². The summed E-state index contributed by atoms with van der Waals surface area (Å²) in [6.07, 6.45) is 0. The quantitative estimate of drug-likeness (QED) is 0.164. The Bertz CT molecular complexity index is 2400. The normalized spacial score (nSPS) is 11.7. The average molecular weight is 642 g/mol. The number of nitrogens with zero attached hydrogens (tertiary/aromatic N) is 8. The van der Waals surface area contributed by atoms with Crippen molar-refractivity contribution >= 4 is 44.1 Å². The Kier molecular flexibility index (Phi) is 5.65. The van der Waals surface area contributed by atoms with E-state index in [1.165, 1.54) is 24.3 Å². The third kappa shape index (κ3) is 4.09. The fourth-order valence-electron chi connectivity index (χ4n) is 5.62. The number of fused-ring (bicyclic) bond motifs is 20. The number of hydrogen-bond donors (Lipinski definition) is 4. The summed E-state index contributed by atoms with van der Waals surface area (Å²) in [6.45, 7) is 0. The standard InChI is InChI=1S/C32H16N8O4.Zn/c41-13-1-5-17-21(9-13)29-33-25(17)37-30-22-10-14(42)2-6-18(22)27(34-30)39-32-24-12-16(44)4-8-20(24)28(36-32)40-31-23-11-15(43)3-7-19(23)26(35-31)38-29;/h1-12H,(H4-2,33,34,35,36,37,38,39,40,41,42,43,44);/q-2;+2. The van der Waals surface area contributed by atoms with Crippen molar-refractivity contribution in [3.8, 4) is 68.5 Å². The fourth-order valence-corrected chi connectivity index (χ4v) is 5.62. The minimum Gasteiger partial charge on any atom is -0.508 e. The van der Waals surface area contributed by atoms with E-state index in [9.17, 15) is 20.4 Å². The Labute approximate surface area is 264 Å². The Hall–Kier alpha value is -5.94. The van der Waals surface area contributed by atoms with Gasteiger partial charge in [0.15, 0.2) is 0 Å². The fraction of sp³-hybridized carbons (Fsp3) is 0. The SMILES string of the molecule is Oc1ccc2c(c1)-c1nc-2nc2[n-]c(nc3nc(nc4[n-]c(n1)c1ccc(O)cc41)-c1ccc(O)cc1-3)c1ccc(O)cc21.[Zn+2]. The molecule has 5 heterocycles. The van der Waals surface area contributed by atoms with E-state index < -0.39 is 0 Å². The Morgan fingerprint density at radius 3 is 1.11 bits per heavy atom. The molecule has 0 saturated carbocycles. The molecule has 0 fully saturated rings. The molecule has 4 aromatic carbocycles. The van der Waals surface area contributed by atoms with Crippen LogP contribution >= 0.6 is 0 Å². The Morgan fingerprint density at radius 1 is 0.356 bits per heavy atom. The van der Waals surface area contributed by atoms with Crippen LogP contribution in [-0.2, 0) is 19.5 Å². The summed E-state index contributed by atoms with van der Waals surface area (Å²) >= 11 is 0. The maximum Gasteiger partial charge on any atom is 2.00 e. The van der Waals surface area contributed by atoms with Crippen molar-refractivity contribution in [2.24, 2.45) is 0 Å². The molecular formula is C32H16N8O4Zn. The van der Waals surface area contributed by atoms with Gasteiger partial charge < -0.3 is 50.3 Å². The van der Waals surface area contributed by atoms with Crippen LogP contribution in [0.15, 0.2) is 72.8 Å². The van der Waals surface area contributed by atoms with Gasteiger partial charge in [0.2, 0.25) is 0 Å². The molecule has 0 unspecified atom stereocenters. The molecule has 7 aromatic rings. The van der Waals surface area contributed by atoms with E-state index in [1.807, 2.05) is 0 Å². The zero-order chi connectivity index (χ0) is 29.7. The van der Waals surface area contributed by atoms with Crippen LogP contribution in [0.4, 0.5) is 0 Å². The van der Waals surface area contributed by atoms with E-state index in [-0.39, 0.29) is 65.4 Å². The van der Waals surface area contributed by atoms with Gasteiger partial charge in [-0.25, -0.2) is 9.97 Å². The molecule has 45 heavy (non-hydrogen) atoms. The van der Waals surface area contributed by atoms with E-state index in [2.05, 4.69) is 0 Å². The number of aromatic hydroxyl groups is 4. The van der Waals surface area contributed by atoms with Crippen LogP contribution in [0, 0.1) is 0 Å². The van der Waals surface area contributed by atoms with Crippen molar-refractivity contribution in [2.45, 2.75) is 0 Å². The summed E-state index contributed by atoms with van der Waals surface area (Å²) in [6, 6.07) is 19.1. The summed E-state index contributed by atoms with van der Waals surface area (Å²) in [5, 5.41) is 43.6. The number of phenols is 4. The summed E-state index contributed by atoms with van der Waals surface area (Å²) in [7, 11) is 0. The van der Waals surface area contributed by atoms with Crippen molar-refractivity contribution < 1.29 is 39.9 Å². The molecule has 0 spiro atoms. The largest absolute Gasteiger partial charge is 2.00 e. The Morgan fingerprint density at radius 2 is 0.689 bits per heavy atom. The first kappa shape index (κ1) is 26.7. The minimum absolute atomic E-state index is 0. The van der Waals surface area contributed by atoms with Gasteiger partial charge in [0.05, 0.1) is 23.3 Å². The second kappa shape index (κ2) is 9.53. The van der Waals surface area contributed by atoms with Crippen molar-refractivity contribution in [1.82, 2.24) is 39.9 Å². The van der Waals surface area contributed by atoms with Crippen LogP contribution in [0.3, 0.4) is 0 Å². The molecule has 4 N–H and O–H groups in total. The topological polar surface area (TPSA) is 186 Å². The van der Waals surface area contributed by atoms with Gasteiger partial charge in [-0.05, 0) is 94.3 Å². The van der Waals surface area contributed by atoms with Gasteiger partial charge >= 0.3 is 19.5 Å². The number of benzene rings is 4. The third-order valence-corrected chi connectivity index (χ3v) is 7.63. The predicted molar refractivity (Wildman–Crippen MR) is 161 cm³/mol. The summed E-state index contributed by atoms with van der Waals surface area (Å²) in [5.41, 5.74) is 3.42. The number of aromatic nitrogens is 8. The molecular weight excluding hydrogens is 626 g/mol. The van der Waals surface area contributed by atoms with Gasteiger partial charge in [-0.3, -0.25) is 0 Å². The van der Waals surface area contributed by atoms with Crippen LogP contribution in [0.5, 0.6) is 23.0 Å². The van der Waals surface area contributed by atoms with Crippen LogP contribution < -0.4 is 9.97 Å². The zero-order valence-corrected chi connectivity index (χ0v) is 26.0. The van der Waals surface area contributed by atoms with E-state index >= 15 is 0 Å². The molecule has 12 nitrogen and oxygen atoms in total. The van der Waals surface area contributed by atoms with Gasteiger partial charge in [0, 0.05) is 44.8 Å². The number of phenolic OH excluding ortho intramolecular Hbond substituents is 4. The van der Waals surface area contributed by atoms with Crippen molar-refractivity contribution in [2.75, 3.05) is 0 Å². The number of hydrogen-bond acceptors (Lipinski definition) is 10. The van der Waals surface area contributed by atoms with Crippen LogP contribution in [-0.4, -0.2) is 50.3 Å². The van der Waals surface area contributed by atoms with Crippen LogP contribution in [0.1, 0.15) is 0 Å². The molecule has 8 bridgehead atoms. The van der Waals surface area contributed by atoms with Gasteiger partial charge in [-0.1, -0.05) is 0 Å². The van der Waals surface area contributed by atoms with Gasteiger partial charge in [-0.15, -0.1) is 0 Å². The minimum atomic E-state index is 0. The first-order valence-corrected chi connectivity index (χ1v) is 13.4. The van der Waals surface area contributed by atoms with E-state index in [0.717, 1.165) is 0 Å². The zero-order valence-electron chi connectivity index (χ0n) is 23.0. The summed E-state index contributed by atoms with van der Waals surface area (Å²) in [5.74, 6) is 1.22. The van der Waals surface area contributed by atoms with Gasteiger partial charge in [0.25, 0.3) is 0 Å². The summed E-state index contributed by atoms with van der Waals surface area (Å²) < 4.78 is 0. The van der Waals surface area contributed by atoms with Crippen LogP contribution in [0.2, 0.25) is 0 Å². The first-order chi connectivity index (χ1) is 21.4. The molecule has 0 aliphatic carbocycles. The Balaban J connectivity index is 0.00000300. The molecule has 0 amide bonds. The third-order valence-electron chi connectivity index (χ3n) is 7.63. The monoisotopic (exact) mass is 640 g/mol. The predicted octanol–water partition coefficient (Wildman–Crippen LogP) is 4.95. The molecule has 9 rings (SSSR count). The smallest absolute Gasteiger partial charge is 0.508 e. The molecule has 0 radical (unpaired) electrons. The molecule has 2 aliphatic rings.